The van der Waals surface area contributed by atoms with Crippen LogP contribution in [0, 0.1) is 0 Å². The molecule has 0 aliphatic rings. The SMILES string of the molecule is CCOc1cc(OCC)c(OCC)cc1Cc1sc(=O)[nH]c1O. The maximum Gasteiger partial charge on any atom is 0.307 e. The summed E-state index contributed by atoms with van der Waals surface area (Å²) in [5, 5.41) is 9.78. The smallest absolute Gasteiger partial charge is 0.307 e. The first-order chi connectivity index (χ1) is 11.1. The third-order valence-electron chi connectivity index (χ3n) is 3.08. The number of hydrogen-bond donors (Lipinski definition) is 2. The van der Waals surface area contributed by atoms with Gasteiger partial charge in [-0.3, -0.25) is 9.78 Å². The second kappa shape index (κ2) is 7.92. The Hall–Kier alpha value is -2.15. The van der Waals surface area contributed by atoms with Gasteiger partial charge in [-0.1, -0.05) is 11.3 Å². The third-order valence-corrected chi connectivity index (χ3v) is 3.95. The molecule has 1 aromatic carbocycles. The molecule has 0 saturated heterocycles. The van der Waals surface area contributed by atoms with E-state index in [1.165, 1.54) is 0 Å². The lowest BCUT2D eigenvalue weighted by atomic mass is 10.1. The molecule has 7 heteroatoms. The normalized spacial score (nSPS) is 10.6. The average molecular weight is 339 g/mol. The molecule has 0 saturated carbocycles. The van der Waals surface area contributed by atoms with Gasteiger partial charge in [0, 0.05) is 18.1 Å². The van der Waals surface area contributed by atoms with Gasteiger partial charge in [0.15, 0.2) is 11.5 Å². The van der Waals surface area contributed by atoms with Gasteiger partial charge in [-0.2, -0.15) is 0 Å². The molecule has 1 aromatic heterocycles. The van der Waals surface area contributed by atoms with Crippen LogP contribution < -0.4 is 19.1 Å². The maximum absolute atomic E-state index is 11.3. The fourth-order valence-corrected chi connectivity index (χ4v) is 2.94. The fourth-order valence-electron chi connectivity index (χ4n) is 2.19. The molecule has 6 nitrogen and oxygen atoms in total. The lowest BCUT2D eigenvalue weighted by Crippen LogP contribution is -2.03. The van der Waals surface area contributed by atoms with Crippen molar-refractivity contribution in [2.45, 2.75) is 27.2 Å². The van der Waals surface area contributed by atoms with E-state index in [1.807, 2.05) is 26.8 Å². The van der Waals surface area contributed by atoms with E-state index in [2.05, 4.69) is 4.98 Å². The van der Waals surface area contributed by atoms with Crippen LogP contribution in [-0.2, 0) is 6.42 Å². The van der Waals surface area contributed by atoms with Crippen LogP contribution in [0.25, 0.3) is 0 Å². The number of H-pyrrole nitrogens is 1. The van der Waals surface area contributed by atoms with Crippen LogP contribution in [0.3, 0.4) is 0 Å². The summed E-state index contributed by atoms with van der Waals surface area (Å²) in [5.74, 6) is 1.79. The topological polar surface area (TPSA) is 80.8 Å². The quantitative estimate of drug-likeness (QED) is 0.773. The Balaban J connectivity index is 2.44. The molecule has 0 radical (unpaired) electrons. The molecule has 0 aliphatic carbocycles. The van der Waals surface area contributed by atoms with Gasteiger partial charge in [-0.05, 0) is 26.8 Å². The number of thiazole rings is 1. The van der Waals surface area contributed by atoms with Gasteiger partial charge in [0.2, 0.25) is 5.88 Å². The Labute approximate surface area is 138 Å². The minimum atomic E-state index is -0.286. The minimum Gasteiger partial charge on any atom is -0.494 e. The number of aromatic nitrogens is 1. The number of hydrogen-bond acceptors (Lipinski definition) is 6. The summed E-state index contributed by atoms with van der Waals surface area (Å²) in [6.45, 7) is 7.23. The molecular weight excluding hydrogens is 318 g/mol. The van der Waals surface area contributed by atoms with Crippen molar-refractivity contribution in [2.75, 3.05) is 19.8 Å². The molecule has 126 valence electrons. The molecule has 0 aliphatic heterocycles. The lowest BCUT2D eigenvalue weighted by Gasteiger charge is -2.16. The van der Waals surface area contributed by atoms with Crippen LogP contribution in [-0.4, -0.2) is 29.9 Å². The van der Waals surface area contributed by atoms with Gasteiger partial charge in [-0.15, -0.1) is 0 Å². The first-order valence-corrected chi connectivity index (χ1v) is 8.36. The summed E-state index contributed by atoms with van der Waals surface area (Å²) in [6, 6.07) is 3.63. The van der Waals surface area contributed by atoms with E-state index in [1.54, 1.807) is 6.07 Å². The predicted octanol–water partition coefficient (Wildman–Crippen LogP) is 2.93. The highest BCUT2D eigenvalue weighted by molar-refractivity contribution is 7.09. The number of aromatic amines is 1. The summed E-state index contributed by atoms with van der Waals surface area (Å²) in [5.41, 5.74) is 0.823. The van der Waals surface area contributed by atoms with E-state index in [0.29, 0.717) is 48.4 Å². The van der Waals surface area contributed by atoms with Crippen molar-refractivity contribution in [3.05, 3.63) is 32.2 Å². The van der Waals surface area contributed by atoms with E-state index in [9.17, 15) is 9.90 Å². The maximum atomic E-state index is 11.3. The Morgan fingerprint density at radius 2 is 1.57 bits per heavy atom. The van der Waals surface area contributed by atoms with Crippen molar-refractivity contribution in [2.24, 2.45) is 0 Å². The first kappa shape index (κ1) is 17.2. The zero-order valence-corrected chi connectivity index (χ0v) is 14.3. The number of benzene rings is 1. The van der Waals surface area contributed by atoms with E-state index >= 15 is 0 Å². The van der Waals surface area contributed by atoms with Crippen LogP contribution in [0.1, 0.15) is 31.2 Å². The van der Waals surface area contributed by atoms with Crippen LogP contribution in [0.15, 0.2) is 16.9 Å². The molecule has 2 aromatic rings. The highest BCUT2D eigenvalue weighted by atomic mass is 32.1. The summed E-state index contributed by atoms with van der Waals surface area (Å²) in [4.78, 5) is 14.0. The number of ether oxygens (including phenoxy) is 3. The molecule has 23 heavy (non-hydrogen) atoms. The Morgan fingerprint density at radius 3 is 2.09 bits per heavy atom. The van der Waals surface area contributed by atoms with Gasteiger partial charge >= 0.3 is 4.87 Å². The number of rotatable bonds is 8. The number of aromatic hydroxyl groups is 1. The van der Waals surface area contributed by atoms with Gasteiger partial charge in [0.05, 0.1) is 24.7 Å². The molecule has 2 rings (SSSR count). The van der Waals surface area contributed by atoms with Gasteiger partial charge < -0.3 is 19.3 Å². The number of nitrogens with one attached hydrogen (secondary N) is 1. The molecule has 0 amide bonds. The zero-order chi connectivity index (χ0) is 16.8. The van der Waals surface area contributed by atoms with Crippen molar-refractivity contribution in [1.82, 2.24) is 4.98 Å². The molecule has 0 unspecified atom stereocenters. The highest BCUT2D eigenvalue weighted by Gasteiger charge is 2.16. The third kappa shape index (κ3) is 4.19. The van der Waals surface area contributed by atoms with Gasteiger partial charge in [-0.25, -0.2) is 0 Å². The monoisotopic (exact) mass is 339 g/mol. The molecule has 0 bridgehead atoms. The summed E-state index contributed by atoms with van der Waals surface area (Å²) >= 11 is 0.981. The van der Waals surface area contributed by atoms with Crippen LogP contribution in [0.2, 0.25) is 0 Å². The van der Waals surface area contributed by atoms with Gasteiger partial charge in [0.25, 0.3) is 0 Å². The summed E-state index contributed by atoms with van der Waals surface area (Å²) in [7, 11) is 0. The average Bonchev–Trinajstić information content (AvgIpc) is 2.82. The molecule has 0 spiro atoms. The summed E-state index contributed by atoms with van der Waals surface area (Å²) in [6.07, 6.45) is 0.372. The van der Waals surface area contributed by atoms with Crippen molar-refractivity contribution in [1.29, 1.82) is 0 Å². The van der Waals surface area contributed by atoms with Gasteiger partial charge in [0.1, 0.15) is 5.75 Å². The second-order valence-corrected chi connectivity index (χ2v) is 5.74. The van der Waals surface area contributed by atoms with Crippen LogP contribution in [0.5, 0.6) is 23.1 Å². The van der Waals surface area contributed by atoms with E-state index in [0.717, 1.165) is 16.9 Å². The second-order valence-electron chi connectivity index (χ2n) is 4.67. The lowest BCUT2D eigenvalue weighted by molar-refractivity contribution is 0.282. The first-order valence-electron chi connectivity index (χ1n) is 7.55. The molecular formula is C16H21NO5S. The molecule has 0 atom stereocenters. The minimum absolute atomic E-state index is 0.103. The fraction of sp³-hybridized carbons (Fsp3) is 0.438. The van der Waals surface area contributed by atoms with Crippen molar-refractivity contribution < 1.29 is 19.3 Å². The Morgan fingerprint density at radius 1 is 1.00 bits per heavy atom. The molecule has 0 fully saturated rings. The van der Waals surface area contributed by atoms with Crippen molar-refractivity contribution >= 4 is 11.3 Å². The van der Waals surface area contributed by atoms with Crippen LogP contribution in [0.4, 0.5) is 0 Å². The van der Waals surface area contributed by atoms with Crippen LogP contribution >= 0.6 is 11.3 Å². The molecule has 1 heterocycles. The van der Waals surface area contributed by atoms with E-state index < -0.39 is 0 Å². The van der Waals surface area contributed by atoms with Crippen molar-refractivity contribution in [3.8, 4) is 23.1 Å². The molecule has 2 N–H and O–H groups in total. The van der Waals surface area contributed by atoms with Crippen molar-refractivity contribution in [3.63, 3.8) is 0 Å². The summed E-state index contributed by atoms with van der Waals surface area (Å²) < 4.78 is 16.9. The Bertz CT molecular complexity index is 707. The highest BCUT2D eigenvalue weighted by Crippen LogP contribution is 2.37. The van der Waals surface area contributed by atoms with E-state index in [-0.39, 0.29) is 10.8 Å². The predicted molar refractivity (Wildman–Crippen MR) is 89.4 cm³/mol. The standard InChI is InChI=1S/C16H21NO5S/c1-4-20-11-9-13(22-6-3)12(21-5-2)7-10(11)8-14-15(18)17-16(19)23-14/h7,9,18H,4-6,8H2,1-3H3,(H,17,19). The Kier molecular flexibility index (Phi) is 5.92. The largest absolute Gasteiger partial charge is 0.494 e. The van der Waals surface area contributed by atoms with E-state index in [4.69, 9.17) is 14.2 Å². The zero-order valence-electron chi connectivity index (χ0n) is 13.5.